The van der Waals surface area contributed by atoms with Gasteiger partial charge in [-0.3, -0.25) is 4.79 Å². The number of nitrogens with one attached hydrogen (secondary N) is 1. The maximum Gasteiger partial charge on any atom is 0.258 e. The van der Waals surface area contributed by atoms with Crippen LogP contribution in [-0.4, -0.2) is 38.5 Å². The molecule has 1 atom stereocenters. The summed E-state index contributed by atoms with van der Waals surface area (Å²) in [4.78, 5) is 11.6. The Kier molecular flexibility index (Phi) is 4.46. The van der Waals surface area contributed by atoms with Crippen molar-refractivity contribution in [3.05, 3.63) is 28.7 Å². The van der Waals surface area contributed by atoms with Gasteiger partial charge in [-0.25, -0.2) is 8.42 Å². The zero-order valence-corrected chi connectivity index (χ0v) is 12.5. The van der Waals surface area contributed by atoms with E-state index in [0.717, 1.165) is 4.47 Å². The highest BCUT2D eigenvalue weighted by Crippen LogP contribution is 2.16. The molecule has 0 aromatic heterocycles. The first-order chi connectivity index (χ1) is 8.94. The molecule has 7 heteroatoms. The summed E-state index contributed by atoms with van der Waals surface area (Å²) in [5.74, 6) is 0.463. The molecule has 0 unspecified atom stereocenters. The summed E-state index contributed by atoms with van der Waals surface area (Å²) in [5.41, 5.74) is 0. The van der Waals surface area contributed by atoms with Gasteiger partial charge in [-0.2, -0.15) is 0 Å². The van der Waals surface area contributed by atoms with E-state index in [-0.39, 0.29) is 30.1 Å². The van der Waals surface area contributed by atoms with Crippen LogP contribution in [0.4, 0.5) is 0 Å². The van der Waals surface area contributed by atoms with Crippen molar-refractivity contribution in [3.8, 4) is 5.75 Å². The summed E-state index contributed by atoms with van der Waals surface area (Å²) in [6.45, 7) is -0.113. The molecule has 0 spiro atoms. The third-order valence-electron chi connectivity index (χ3n) is 2.78. The first-order valence-electron chi connectivity index (χ1n) is 5.83. The lowest BCUT2D eigenvalue weighted by Gasteiger charge is -2.11. The molecule has 1 aliphatic rings. The third-order valence-corrected chi connectivity index (χ3v) is 5.08. The van der Waals surface area contributed by atoms with Gasteiger partial charge >= 0.3 is 0 Å². The Morgan fingerprint density at radius 1 is 1.37 bits per heavy atom. The van der Waals surface area contributed by atoms with Gasteiger partial charge in [-0.1, -0.05) is 15.9 Å². The van der Waals surface area contributed by atoms with E-state index in [0.29, 0.717) is 12.2 Å². The molecular formula is C12H14BrNO4S. The van der Waals surface area contributed by atoms with Crippen LogP contribution >= 0.6 is 15.9 Å². The Balaban J connectivity index is 1.77. The van der Waals surface area contributed by atoms with Gasteiger partial charge in [-0.15, -0.1) is 0 Å². The molecule has 19 heavy (non-hydrogen) atoms. The van der Waals surface area contributed by atoms with Crippen molar-refractivity contribution in [2.45, 2.75) is 12.5 Å². The van der Waals surface area contributed by atoms with Crippen LogP contribution < -0.4 is 10.1 Å². The monoisotopic (exact) mass is 347 g/mol. The number of ether oxygens (including phenoxy) is 1. The van der Waals surface area contributed by atoms with E-state index in [9.17, 15) is 13.2 Å². The van der Waals surface area contributed by atoms with Crippen LogP contribution in [0.1, 0.15) is 6.42 Å². The zero-order valence-electron chi connectivity index (χ0n) is 10.1. The first-order valence-corrected chi connectivity index (χ1v) is 8.44. The van der Waals surface area contributed by atoms with Crippen molar-refractivity contribution in [2.24, 2.45) is 0 Å². The summed E-state index contributed by atoms with van der Waals surface area (Å²) in [7, 11) is -2.97. The van der Waals surface area contributed by atoms with E-state index in [2.05, 4.69) is 21.2 Å². The number of halogens is 1. The Morgan fingerprint density at radius 3 is 2.63 bits per heavy atom. The lowest BCUT2D eigenvalue weighted by Crippen LogP contribution is -2.38. The van der Waals surface area contributed by atoms with E-state index in [4.69, 9.17) is 4.74 Å². The molecule has 1 fully saturated rings. The van der Waals surface area contributed by atoms with Crippen molar-refractivity contribution >= 4 is 31.7 Å². The van der Waals surface area contributed by atoms with Crippen LogP contribution in [0.25, 0.3) is 0 Å². The number of hydrogen-bond acceptors (Lipinski definition) is 4. The molecule has 1 saturated heterocycles. The molecule has 1 heterocycles. The van der Waals surface area contributed by atoms with Gasteiger partial charge < -0.3 is 10.1 Å². The number of carbonyl (C=O) groups excluding carboxylic acids is 1. The molecule has 0 aliphatic carbocycles. The summed E-state index contributed by atoms with van der Waals surface area (Å²) in [6, 6.07) is 6.84. The van der Waals surface area contributed by atoms with E-state index >= 15 is 0 Å². The number of amides is 1. The number of benzene rings is 1. The largest absolute Gasteiger partial charge is 0.484 e. The molecule has 104 valence electrons. The predicted molar refractivity (Wildman–Crippen MR) is 74.8 cm³/mol. The second kappa shape index (κ2) is 5.92. The van der Waals surface area contributed by atoms with Crippen molar-refractivity contribution in [1.29, 1.82) is 0 Å². The minimum absolute atomic E-state index is 0.0248. The summed E-state index contributed by atoms with van der Waals surface area (Å²) in [6.07, 6.45) is 0.479. The van der Waals surface area contributed by atoms with Crippen molar-refractivity contribution in [2.75, 3.05) is 18.1 Å². The SMILES string of the molecule is O=C(COc1ccc(Br)cc1)N[C@H]1CCS(=O)(=O)C1. The topological polar surface area (TPSA) is 72.5 Å². The molecule has 1 aromatic carbocycles. The molecule has 1 N–H and O–H groups in total. The van der Waals surface area contributed by atoms with Gasteiger partial charge in [-0.05, 0) is 30.7 Å². The van der Waals surface area contributed by atoms with Crippen molar-refractivity contribution in [3.63, 3.8) is 0 Å². The Labute approximate surface area is 120 Å². The molecule has 0 saturated carbocycles. The molecule has 0 bridgehead atoms. The van der Waals surface area contributed by atoms with Crippen LogP contribution in [0.15, 0.2) is 28.7 Å². The van der Waals surface area contributed by atoms with E-state index in [1.54, 1.807) is 12.1 Å². The molecule has 1 amide bonds. The number of sulfone groups is 1. The Hall–Kier alpha value is -1.08. The van der Waals surface area contributed by atoms with Crippen LogP contribution in [0.5, 0.6) is 5.75 Å². The lowest BCUT2D eigenvalue weighted by molar-refractivity contribution is -0.123. The first kappa shape index (κ1) is 14.3. The lowest BCUT2D eigenvalue weighted by atomic mass is 10.2. The fraction of sp³-hybridized carbons (Fsp3) is 0.417. The average molecular weight is 348 g/mol. The fourth-order valence-electron chi connectivity index (χ4n) is 1.86. The third kappa shape index (κ3) is 4.50. The van der Waals surface area contributed by atoms with E-state index in [1.165, 1.54) is 0 Å². The number of carbonyl (C=O) groups is 1. The maximum absolute atomic E-state index is 11.6. The van der Waals surface area contributed by atoms with E-state index in [1.807, 2.05) is 12.1 Å². The van der Waals surface area contributed by atoms with Gasteiger partial charge in [0.05, 0.1) is 11.5 Å². The molecule has 0 radical (unpaired) electrons. The van der Waals surface area contributed by atoms with Crippen LogP contribution in [0, 0.1) is 0 Å². The average Bonchev–Trinajstić information content (AvgIpc) is 2.68. The quantitative estimate of drug-likeness (QED) is 0.886. The number of rotatable bonds is 4. The standard InChI is InChI=1S/C12H14BrNO4S/c13-9-1-3-11(4-2-9)18-7-12(15)14-10-5-6-19(16,17)8-10/h1-4,10H,5-8H2,(H,14,15)/t10-/m0/s1. The van der Waals surface area contributed by atoms with Crippen LogP contribution in [0.3, 0.4) is 0 Å². The highest BCUT2D eigenvalue weighted by Gasteiger charge is 2.28. The summed E-state index contributed by atoms with van der Waals surface area (Å²) in [5, 5.41) is 2.66. The van der Waals surface area contributed by atoms with Crippen LogP contribution in [0.2, 0.25) is 0 Å². The second-order valence-corrected chi connectivity index (χ2v) is 7.55. The van der Waals surface area contributed by atoms with E-state index < -0.39 is 9.84 Å². The molecule has 2 rings (SSSR count). The Bertz CT molecular complexity index is 556. The predicted octanol–water partition coefficient (Wildman–Crippen LogP) is 1.13. The van der Waals surface area contributed by atoms with Gasteiger partial charge in [0.25, 0.3) is 5.91 Å². The minimum atomic E-state index is -2.97. The highest BCUT2D eigenvalue weighted by atomic mass is 79.9. The fourth-order valence-corrected chi connectivity index (χ4v) is 3.80. The van der Waals surface area contributed by atoms with Gasteiger partial charge in [0.1, 0.15) is 5.75 Å². The molecule has 1 aromatic rings. The highest BCUT2D eigenvalue weighted by molar-refractivity contribution is 9.10. The van der Waals surface area contributed by atoms with Crippen molar-refractivity contribution in [1.82, 2.24) is 5.32 Å². The summed E-state index contributed by atoms with van der Waals surface area (Å²) < 4.78 is 28.7. The normalized spacial score (nSPS) is 21.0. The number of hydrogen-bond donors (Lipinski definition) is 1. The van der Waals surface area contributed by atoms with Crippen LogP contribution in [-0.2, 0) is 14.6 Å². The molecular weight excluding hydrogens is 334 g/mol. The summed E-state index contributed by atoms with van der Waals surface area (Å²) >= 11 is 3.30. The second-order valence-electron chi connectivity index (χ2n) is 4.41. The molecule has 1 aliphatic heterocycles. The van der Waals surface area contributed by atoms with Gasteiger partial charge in [0.2, 0.25) is 0 Å². The minimum Gasteiger partial charge on any atom is -0.484 e. The van der Waals surface area contributed by atoms with Crippen molar-refractivity contribution < 1.29 is 17.9 Å². The Morgan fingerprint density at radius 2 is 2.05 bits per heavy atom. The maximum atomic E-state index is 11.6. The zero-order chi connectivity index (χ0) is 13.9. The van der Waals surface area contributed by atoms with Gasteiger partial charge in [0, 0.05) is 10.5 Å². The van der Waals surface area contributed by atoms with Gasteiger partial charge in [0.15, 0.2) is 16.4 Å². The smallest absolute Gasteiger partial charge is 0.258 e. The molecule has 5 nitrogen and oxygen atoms in total.